The van der Waals surface area contributed by atoms with E-state index in [2.05, 4.69) is 24.3 Å². The number of Topliss-reactive ketones (excluding diaryl/α,β-unsaturated/α-hetero) is 1. The van der Waals surface area contributed by atoms with Crippen molar-refractivity contribution in [2.75, 3.05) is 6.61 Å². The van der Waals surface area contributed by atoms with E-state index in [1.165, 1.54) is 12.1 Å². The molecule has 1 aromatic carbocycles. The zero-order valence-corrected chi connectivity index (χ0v) is 17.4. The van der Waals surface area contributed by atoms with Gasteiger partial charge >= 0.3 is 5.97 Å². The lowest BCUT2D eigenvalue weighted by Crippen LogP contribution is -2.35. The summed E-state index contributed by atoms with van der Waals surface area (Å²) in [7, 11) is 0. The highest BCUT2D eigenvalue weighted by atomic mass is 19.1. The summed E-state index contributed by atoms with van der Waals surface area (Å²) in [5.41, 5.74) is 1.58. The molecule has 156 valence electrons. The van der Waals surface area contributed by atoms with Crippen LogP contribution in [-0.4, -0.2) is 18.4 Å². The molecule has 1 saturated carbocycles. The van der Waals surface area contributed by atoms with Gasteiger partial charge in [0, 0.05) is 5.92 Å². The van der Waals surface area contributed by atoms with E-state index in [0.29, 0.717) is 11.8 Å². The lowest BCUT2D eigenvalue weighted by Gasteiger charge is -2.33. The second kappa shape index (κ2) is 10.00. The number of allylic oxidation sites excluding steroid dienone is 4. The van der Waals surface area contributed by atoms with Crippen LogP contribution in [0.4, 0.5) is 4.39 Å². The third-order valence-corrected chi connectivity index (χ3v) is 6.44. The number of ketones is 1. The lowest BCUT2D eigenvalue weighted by atomic mass is 9.71. The molecule has 0 aromatic heterocycles. The third-order valence-electron chi connectivity index (χ3n) is 6.44. The maximum Gasteiger partial charge on any atom is 0.316 e. The van der Waals surface area contributed by atoms with Gasteiger partial charge in [0.05, 0.1) is 6.61 Å². The zero-order valence-electron chi connectivity index (χ0n) is 17.4. The highest BCUT2D eigenvalue weighted by Crippen LogP contribution is 2.38. The SMILES string of the molecule is CCOC(=O)C(Cc1ccc(F)cc1C)C(=O)C1CCC(C2C=CC=CC2)CC1. The summed E-state index contributed by atoms with van der Waals surface area (Å²) in [6.07, 6.45) is 13.8. The molecule has 1 fully saturated rings. The standard InChI is InChI=1S/C25H31FO3/c1-3-29-25(28)23(16-21-13-14-22(26)15-17(21)2)24(27)20-11-9-19(10-12-20)18-7-5-4-6-8-18/h4-7,13-15,18-20,23H,3,8-12,16H2,1-2H3. The Bertz CT molecular complexity index is 787. The van der Waals surface area contributed by atoms with Gasteiger partial charge in [0.15, 0.2) is 5.78 Å². The molecule has 1 aromatic rings. The quantitative estimate of drug-likeness (QED) is 0.458. The highest BCUT2D eigenvalue weighted by molar-refractivity contribution is 6.00. The van der Waals surface area contributed by atoms with E-state index in [-0.39, 0.29) is 30.5 Å². The van der Waals surface area contributed by atoms with Crippen molar-refractivity contribution in [3.63, 3.8) is 0 Å². The highest BCUT2D eigenvalue weighted by Gasteiger charge is 2.37. The van der Waals surface area contributed by atoms with E-state index < -0.39 is 11.9 Å². The molecule has 3 rings (SSSR count). The van der Waals surface area contributed by atoms with Gasteiger partial charge in [0.1, 0.15) is 11.7 Å². The number of carbonyl (C=O) groups is 2. The van der Waals surface area contributed by atoms with Crippen LogP contribution in [0.1, 0.15) is 50.2 Å². The van der Waals surface area contributed by atoms with Crippen LogP contribution < -0.4 is 0 Å². The van der Waals surface area contributed by atoms with Crippen LogP contribution in [0.3, 0.4) is 0 Å². The maximum atomic E-state index is 13.4. The Morgan fingerprint density at radius 2 is 1.93 bits per heavy atom. The monoisotopic (exact) mass is 398 g/mol. The molecule has 0 bridgehead atoms. The number of carbonyl (C=O) groups excluding carboxylic acids is 2. The van der Waals surface area contributed by atoms with Crippen LogP contribution in [0.25, 0.3) is 0 Å². The van der Waals surface area contributed by atoms with Gasteiger partial charge in [-0.25, -0.2) is 4.39 Å². The smallest absolute Gasteiger partial charge is 0.316 e. The second-order valence-corrected chi connectivity index (χ2v) is 8.31. The maximum absolute atomic E-state index is 13.4. The lowest BCUT2D eigenvalue weighted by molar-refractivity contribution is -0.153. The second-order valence-electron chi connectivity index (χ2n) is 8.31. The number of aryl methyl sites for hydroxylation is 1. The topological polar surface area (TPSA) is 43.4 Å². The molecule has 2 atom stereocenters. The molecule has 29 heavy (non-hydrogen) atoms. The first kappa shape index (κ1) is 21.5. The molecule has 0 spiro atoms. The number of esters is 1. The van der Waals surface area contributed by atoms with E-state index >= 15 is 0 Å². The molecular weight excluding hydrogens is 367 g/mol. The van der Waals surface area contributed by atoms with Crippen molar-refractivity contribution in [3.05, 3.63) is 59.4 Å². The molecule has 0 N–H and O–H groups in total. The molecule has 4 heteroatoms. The molecule has 0 heterocycles. The summed E-state index contributed by atoms with van der Waals surface area (Å²) in [6.45, 7) is 3.81. The average Bonchev–Trinajstić information content (AvgIpc) is 2.73. The fourth-order valence-electron chi connectivity index (χ4n) is 4.72. The molecule has 2 aliphatic carbocycles. The summed E-state index contributed by atoms with van der Waals surface area (Å²) >= 11 is 0. The fraction of sp³-hybridized carbons (Fsp3) is 0.520. The minimum atomic E-state index is -0.807. The van der Waals surface area contributed by atoms with Gasteiger partial charge in [-0.15, -0.1) is 0 Å². The molecule has 0 amide bonds. The third kappa shape index (κ3) is 5.43. The Hall–Kier alpha value is -2.23. The van der Waals surface area contributed by atoms with Gasteiger partial charge in [0.25, 0.3) is 0 Å². The van der Waals surface area contributed by atoms with Gasteiger partial charge in [-0.05, 0) is 87.5 Å². The van der Waals surface area contributed by atoms with E-state index in [0.717, 1.165) is 43.2 Å². The van der Waals surface area contributed by atoms with Crippen LogP contribution in [0.5, 0.6) is 0 Å². The summed E-state index contributed by atoms with van der Waals surface area (Å²) in [5.74, 6) is -0.495. The largest absolute Gasteiger partial charge is 0.465 e. The van der Waals surface area contributed by atoms with E-state index in [1.54, 1.807) is 13.0 Å². The van der Waals surface area contributed by atoms with Gasteiger partial charge in [-0.3, -0.25) is 9.59 Å². The van der Waals surface area contributed by atoms with Crippen molar-refractivity contribution in [3.8, 4) is 0 Å². The van der Waals surface area contributed by atoms with Crippen molar-refractivity contribution < 1.29 is 18.7 Å². The van der Waals surface area contributed by atoms with Crippen molar-refractivity contribution in [1.82, 2.24) is 0 Å². The number of hydrogen-bond acceptors (Lipinski definition) is 3. The fourth-order valence-corrected chi connectivity index (χ4v) is 4.72. The van der Waals surface area contributed by atoms with Crippen LogP contribution >= 0.6 is 0 Å². The normalized spacial score (nSPS) is 24.9. The summed E-state index contributed by atoms with van der Waals surface area (Å²) in [6, 6.07) is 4.50. The van der Waals surface area contributed by atoms with Gasteiger partial charge in [0.2, 0.25) is 0 Å². The van der Waals surface area contributed by atoms with Crippen LogP contribution in [-0.2, 0) is 20.7 Å². The van der Waals surface area contributed by atoms with Crippen molar-refractivity contribution >= 4 is 11.8 Å². The molecule has 3 nitrogen and oxygen atoms in total. The molecule has 0 saturated heterocycles. The van der Waals surface area contributed by atoms with Gasteiger partial charge < -0.3 is 4.74 Å². The van der Waals surface area contributed by atoms with Crippen molar-refractivity contribution in [1.29, 1.82) is 0 Å². The minimum Gasteiger partial charge on any atom is -0.465 e. The molecular formula is C25H31FO3. The number of benzene rings is 1. The molecule has 2 aliphatic rings. The van der Waals surface area contributed by atoms with Crippen LogP contribution in [0.15, 0.2) is 42.5 Å². The van der Waals surface area contributed by atoms with Crippen molar-refractivity contribution in [2.24, 2.45) is 23.7 Å². The summed E-state index contributed by atoms with van der Waals surface area (Å²) < 4.78 is 18.7. The molecule has 2 unspecified atom stereocenters. The predicted molar refractivity (Wildman–Crippen MR) is 112 cm³/mol. The first-order valence-corrected chi connectivity index (χ1v) is 10.8. The van der Waals surface area contributed by atoms with E-state index in [9.17, 15) is 14.0 Å². The van der Waals surface area contributed by atoms with Gasteiger partial charge in [-0.2, -0.15) is 0 Å². The number of ether oxygens (including phenoxy) is 1. The zero-order chi connectivity index (χ0) is 20.8. The Morgan fingerprint density at radius 1 is 1.17 bits per heavy atom. The Balaban J connectivity index is 1.67. The molecule has 0 aliphatic heterocycles. The first-order chi connectivity index (χ1) is 14.0. The first-order valence-electron chi connectivity index (χ1n) is 10.8. The summed E-state index contributed by atoms with van der Waals surface area (Å²) in [5, 5.41) is 0. The summed E-state index contributed by atoms with van der Waals surface area (Å²) in [4.78, 5) is 25.9. The van der Waals surface area contributed by atoms with Gasteiger partial charge in [-0.1, -0.05) is 30.4 Å². The number of halogens is 1. The predicted octanol–water partition coefficient (Wildman–Crippen LogP) is 5.36. The minimum absolute atomic E-state index is 0.00953. The van der Waals surface area contributed by atoms with E-state index in [1.807, 2.05) is 6.92 Å². The number of hydrogen-bond donors (Lipinski definition) is 0. The Morgan fingerprint density at radius 3 is 2.55 bits per heavy atom. The van der Waals surface area contributed by atoms with Crippen LogP contribution in [0.2, 0.25) is 0 Å². The van der Waals surface area contributed by atoms with E-state index in [4.69, 9.17) is 4.74 Å². The average molecular weight is 399 g/mol. The van der Waals surface area contributed by atoms with Crippen LogP contribution in [0, 0.1) is 36.4 Å². The number of rotatable bonds is 7. The Labute approximate surface area is 173 Å². The Kier molecular flexibility index (Phi) is 7.40. The molecule has 0 radical (unpaired) electrons. The van der Waals surface area contributed by atoms with Crippen molar-refractivity contribution in [2.45, 2.75) is 52.4 Å².